The van der Waals surface area contributed by atoms with E-state index in [2.05, 4.69) is 15.2 Å². The first-order valence-corrected chi connectivity index (χ1v) is 13.2. The Labute approximate surface area is 241 Å². The van der Waals surface area contributed by atoms with Crippen LogP contribution in [0, 0.1) is 5.92 Å². The van der Waals surface area contributed by atoms with E-state index in [0.29, 0.717) is 23.2 Å². The maximum absolute atomic E-state index is 13.9. The summed E-state index contributed by atoms with van der Waals surface area (Å²) in [6.45, 7) is 0.848. The van der Waals surface area contributed by atoms with Gasteiger partial charge in [0.15, 0.2) is 6.61 Å². The number of esters is 1. The normalized spacial score (nSPS) is 14.8. The Hall–Kier alpha value is -4.67. The lowest BCUT2D eigenvalue weighted by Crippen LogP contribution is -2.36. The van der Waals surface area contributed by atoms with Crippen LogP contribution in [0.25, 0.3) is 0 Å². The molecule has 1 aliphatic rings. The number of methoxy groups -OCH3 is 1. The number of ether oxygens (including phenoxy) is 2. The smallest absolute Gasteiger partial charge is 0.392 e. The number of aryl methyl sites for hydroxylation is 1. The summed E-state index contributed by atoms with van der Waals surface area (Å²) < 4.78 is 51.7. The molecule has 0 radical (unpaired) electrons. The average molecular weight is 582 g/mol. The zero-order valence-electron chi connectivity index (χ0n) is 23.1. The van der Waals surface area contributed by atoms with Gasteiger partial charge in [-0.15, -0.1) is 5.10 Å². The molecule has 4 rings (SSSR count). The number of amides is 2. The van der Waals surface area contributed by atoms with Crippen molar-refractivity contribution in [3.05, 3.63) is 101 Å². The third-order valence-corrected chi connectivity index (χ3v) is 6.86. The number of hydrogen-bond donors (Lipinski definition) is 1. The number of halogens is 3. The Balaban J connectivity index is 1.52. The summed E-state index contributed by atoms with van der Waals surface area (Å²) in [5.41, 5.74) is 2.52. The maximum Gasteiger partial charge on any atom is 0.392 e. The van der Waals surface area contributed by atoms with Crippen LogP contribution in [-0.2, 0) is 36.8 Å². The van der Waals surface area contributed by atoms with Gasteiger partial charge >= 0.3 is 12.1 Å². The Morgan fingerprint density at radius 1 is 1.02 bits per heavy atom. The van der Waals surface area contributed by atoms with E-state index in [-0.39, 0.29) is 36.9 Å². The summed E-state index contributed by atoms with van der Waals surface area (Å²) in [6, 6.07) is 21.7. The molecule has 0 aromatic heterocycles. The van der Waals surface area contributed by atoms with Crippen molar-refractivity contribution in [2.24, 2.45) is 11.0 Å². The first-order chi connectivity index (χ1) is 20.0. The van der Waals surface area contributed by atoms with Crippen LogP contribution in [0.15, 0.2) is 84.0 Å². The molecule has 1 aliphatic heterocycles. The number of hydrogen-bond acceptors (Lipinski definition) is 6. The van der Waals surface area contributed by atoms with Crippen LogP contribution in [0.1, 0.15) is 41.5 Å². The fraction of sp³-hybridized carbons (Fsp3) is 0.290. The van der Waals surface area contributed by atoms with Crippen molar-refractivity contribution in [1.29, 1.82) is 0 Å². The van der Waals surface area contributed by atoms with Crippen LogP contribution < -0.4 is 5.32 Å². The van der Waals surface area contributed by atoms with Gasteiger partial charge in [-0.1, -0.05) is 61.5 Å². The highest BCUT2D eigenvalue weighted by Crippen LogP contribution is 2.38. The van der Waals surface area contributed by atoms with Gasteiger partial charge in [-0.25, -0.2) is 5.01 Å². The molecule has 8 nitrogen and oxygen atoms in total. The molecule has 0 saturated carbocycles. The number of nitrogens with one attached hydrogen (secondary N) is 1. The van der Waals surface area contributed by atoms with Gasteiger partial charge < -0.3 is 14.8 Å². The average Bonchev–Trinajstić information content (AvgIpc) is 2.98. The number of anilines is 1. The molecule has 0 aliphatic carbocycles. The van der Waals surface area contributed by atoms with E-state index in [1.807, 2.05) is 18.2 Å². The van der Waals surface area contributed by atoms with Crippen molar-refractivity contribution in [3.8, 4) is 0 Å². The van der Waals surface area contributed by atoms with E-state index in [9.17, 15) is 27.6 Å². The third kappa shape index (κ3) is 7.74. The monoisotopic (exact) mass is 581 g/mol. The van der Waals surface area contributed by atoms with Gasteiger partial charge in [0.25, 0.3) is 5.91 Å². The number of benzene rings is 3. The fourth-order valence-corrected chi connectivity index (χ4v) is 4.48. The van der Waals surface area contributed by atoms with E-state index in [4.69, 9.17) is 4.74 Å². The number of carbonyl (C=O) groups is 3. The van der Waals surface area contributed by atoms with Crippen LogP contribution in [0.4, 0.5) is 18.9 Å². The zero-order valence-corrected chi connectivity index (χ0v) is 23.1. The highest BCUT2D eigenvalue weighted by Gasteiger charge is 2.45. The second-order valence-corrected chi connectivity index (χ2v) is 9.83. The Bertz CT molecular complexity index is 1440. The second kappa shape index (κ2) is 13.3. The summed E-state index contributed by atoms with van der Waals surface area (Å²) in [7, 11) is 1.28. The molecule has 0 spiro atoms. The molecule has 3 aromatic carbocycles. The third-order valence-electron chi connectivity index (χ3n) is 6.86. The van der Waals surface area contributed by atoms with Crippen molar-refractivity contribution in [2.45, 2.75) is 38.4 Å². The number of carbonyl (C=O) groups excluding carboxylic acids is 3. The Kier molecular flexibility index (Phi) is 9.61. The van der Waals surface area contributed by atoms with Gasteiger partial charge in [0.2, 0.25) is 11.8 Å². The molecule has 0 fully saturated rings. The summed E-state index contributed by atoms with van der Waals surface area (Å²) in [5.74, 6) is -4.81. The van der Waals surface area contributed by atoms with E-state index in [1.165, 1.54) is 24.3 Å². The maximum atomic E-state index is 13.9. The summed E-state index contributed by atoms with van der Waals surface area (Å²) in [6.07, 6.45) is -4.16. The largest absolute Gasteiger partial charge is 0.469 e. The summed E-state index contributed by atoms with van der Waals surface area (Å²) in [5, 5.41) is 8.14. The first-order valence-electron chi connectivity index (χ1n) is 13.2. The lowest BCUT2D eigenvalue weighted by Gasteiger charge is -2.26. The van der Waals surface area contributed by atoms with Gasteiger partial charge in [-0.05, 0) is 47.4 Å². The minimum absolute atomic E-state index is 0.0723. The molecule has 2 unspecified atom stereocenters. The summed E-state index contributed by atoms with van der Waals surface area (Å²) in [4.78, 5) is 37.1. The SMILES string of the molecule is COC(=O)CCc1cccc(NC(=O)C(c2ccc(CN3N=C(c4ccccc4)OCC3=O)cc2)C(C)C(F)(F)F)c1. The standard InChI is InChI=1S/C31H30F3N3O5/c1-20(31(32,33)34)28(29(40)35-25-10-6-7-21(17-25)13-16-27(39)41-2)23-14-11-22(12-15-23)18-37-26(38)19-42-30(36-37)24-8-4-3-5-9-24/h3-12,14-15,17,20,28H,13,16,18-19H2,1-2H3,(H,35,40). The molecule has 2 atom stereocenters. The molecule has 2 amide bonds. The molecular formula is C31H30F3N3O5. The molecule has 0 saturated heterocycles. The molecule has 11 heteroatoms. The lowest BCUT2D eigenvalue weighted by atomic mass is 9.85. The number of hydrazone groups is 1. The predicted octanol–water partition coefficient (Wildman–Crippen LogP) is 5.43. The van der Waals surface area contributed by atoms with Crippen LogP contribution in [0.5, 0.6) is 0 Å². The molecule has 0 bridgehead atoms. The summed E-state index contributed by atoms with van der Waals surface area (Å²) >= 11 is 0. The zero-order chi connectivity index (χ0) is 30.3. The van der Waals surface area contributed by atoms with Crippen LogP contribution in [0.3, 0.4) is 0 Å². The van der Waals surface area contributed by atoms with Crippen molar-refractivity contribution in [1.82, 2.24) is 5.01 Å². The molecule has 3 aromatic rings. The van der Waals surface area contributed by atoms with Gasteiger partial charge in [0.05, 0.1) is 25.5 Å². The van der Waals surface area contributed by atoms with Crippen molar-refractivity contribution in [2.75, 3.05) is 19.0 Å². The van der Waals surface area contributed by atoms with E-state index in [0.717, 1.165) is 12.5 Å². The Morgan fingerprint density at radius 2 is 1.74 bits per heavy atom. The lowest BCUT2D eigenvalue weighted by molar-refractivity contribution is -0.178. The minimum Gasteiger partial charge on any atom is -0.469 e. The predicted molar refractivity (Wildman–Crippen MR) is 149 cm³/mol. The molecule has 1 N–H and O–H groups in total. The number of rotatable bonds is 10. The van der Waals surface area contributed by atoms with Crippen molar-refractivity contribution in [3.63, 3.8) is 0 Å². The van der Waals surface area contributed by atoms with Crippen LogP contribution in [-0.4, -0.2) is 48.6 Å². The van der Waals surface area contributed by atoms with E-state index in [1.54, 1.807) is 48.5 Å². The van der Waals surface area contributed by atoms with Gasteiger partial charge in [0.1, 0.15) is 0 Å². The van der Waals surface area contributed by atoms with E-state index >= 15 is 0 Å². The van der Waals surface area contributed by atoms with Gasteiger partial charge in [-0.2, -0.15) is 13.2 Å². The van der Waals surface area contributed by atoms with Gasteiger partial charge in [-0.3, -0.25) is 14.4 Å². The topological polar surface area (TPSA) is 97.3 Å². The molecule has 42 heavy (non-hydrogen) atoms. The molecule has 1 heterocycles. The Morgan fingerprint density at radius 3 is 2.40 bits per heavy atom. The molecule has 220 valence electrons. The van der Waals surface area contributed by atoms with Crippen molar-refractivity contribution >= 4 is 29.4 Å². The highest BCUT2D eigenvalue weighted by atomic mass is 19.4. The van der Waals surface area contributed by atoms with Crippen LogP contribution >= 0.6 is 0 Å². The quantitative estimate of drug-likeness (QED) is 0.322. The second-order valence-electron chi connectivity index (χ2n) is 9.83. The van der Waals surface area contributed by atoms with Crippen molar-refractivity contribution < 1.29 is 37.0 Å². The van der Waals surface area contributed by atoms with Crippen LogP contribution in [0.2, 0.25) is 0 Å². The molecular weight excluding hydrogens is 551 g/mol. The minimum atomic E-state index is -4.63. The number of alkyl halides is 3. The van der Waals surface area contributed by atoms with E-state index < -0.39 is 29.9 Å². The fourth-order valence-electron chi connectivity index (χ4n) is 4.48. The first kappa shape index (κ1) is 30.3. The van der Waals surface area contributed by atoms with Gasteiger partial charge in [0, 0.05) is 17.7 Å². The highest BCUT2D eigenvalue weighted by molar-refractivity contribution is 5.98. The number of nitrogens with zero attached hydrogens (tertiary/aromatic N) is 2.